The number of nitrogens with zero attached hydrogens (tertiary/aromatic N) is 4. The topological polar surface area (TPSA) is 79.0 Å². The molecule has 3 rings (SSSR count). The van der Waals surface area contributed by atoms with E-state index >= 15 is 0 Å². The fraction of sp³-hybridized carbons (Fsp3) is 0.500. The van der Waals surface area contributed by atoms with Gasteiger partial charge in [-0.05, 0) is 30.7 Å². The maximum absolute atomic E-state index is 6.06. The summed E-state index contributed by atoms with van der Waals surface area (Å²) < 4.78 is 5.37. The lowest BCUT2D eigenvalue weighted by Gasteiger charge is -2.26. The number of hydrogen-bond acceptors (Lipinski definition) is 5. The SMILES string of the molecule is CN(C)c1cc(CN=C(N)NCCCN2CCOCC2)c2ccccc2n1. The molecular formula is C20H30N6O. The Morgan fingerprint density at radius 3 is 2.85 bits per heavy atom. The number of rotatable bonds is 7. The Morgan fingerprint density at radius 1 is 1.30 bits per heavy atom. The Hall–Kier alpha value is -2.38. The summed E-state index contributed by atoms with van der Waals surface area (Å²) in [7, 11) is 3.99. The molecule has 1 aromatic heterocycles. The fourth-order valence-corrected chi connectivity index (χ4v) is 3.16. The quantitative estimate of drug-likeness (QED) is 0.436. The first-order chi connectivity index (χ1) is 13.1. The van der Waals surface area contributed by atoms with Crippen molar-refractivity contribution in [3.05, 3.63) is 35.9 Å². The van der Waals surface area contributed by atoms with Crippen molar-refractivity contribution in [2.45, 2.75) is 13.0 Å². The largest absolute Gasteiger partial charge is 0.379 e. The van der Waals surface area contributed by atoms with Gasteiger partial charge >= 0.3 is 0 Å². The van der Waals surface area contributed by atoms with Gasteiger partial charge in [0.2, 0.25) is 0 Å². The molecule has 7 heteroatoms. The minimum atomic E-state index is 0.490. The van der Waals surface area contributed by atoms with Crippen LogP contribution in [-0.2, 0) is 11.3 Å². The molecule has 2 heterocycles. The van der Waals surface area contributed by atoms with Gasteiger partial charge < -0.3 is 20.7 Å². The lowest BCUT2D eigenvalue weighted by Crippen LogP contribution is -2.39. The van der Waals surface area contributed by atoms with Gasteiger partial charge in [-0.25, -0.2) is 9.98 Å². The number of pyridine rings is 1. The summed E-state index contributed by atoms with van der Waals surface area (Å²) in [4.78, 5) is 13.6. The van der Waals surface area contributed by atoms with E-state index in [0.717, 1.165) is 68.1 Å². The number of para-hydroxylation sites is 1. The zero-order valence-electron chi connectivity index (χ0n) is 16.3. The second kappa shape index (κ2) is 9.53. The number of nitrogens with one attached hydrogen (secondary N) is 1. The summed E-state index contributed by atoms with van der Waals surface area (Å²) in [5.74, 6) is 1.42. The molecule has 1 aromatic carbocycles. The number of ether oxygens (including phenoxy) is 1. The van der Waals surface area contributed by atoms with Gasteiger partial charge in [-0.15, -0.1) is 0 Å². The fourth-order valence-electron chi connectivity index (χ4n) is 3.16. The maximum Gasteiger partial charge on any atom is 0.188 e. The van der Waals surface area contributed by atoms with Crippen molar-refractivity contribution in [2.24, 2.45) is 10.7 Å². The summed E-state index contributed by atoms with van der Waals surface area (Å²) in [5, 5.41) is 4.34. The first-order valence-corrected chi connectivity index (χ1v) is 9.53. The molecule has 0 unspecified atom stereocenters. The number of guanidine groups is 1. The van der Waals surface area contributed by atoms with Crippen LogP contribution in [-0.4, -0.2) is 69.3 Å². The van der Waals surface area contributed by atoms with Crippen molar-refractivity contribution in [2.75, 3.05) is 58.4 Å². The smallest absolute Gasteiger partial charge is 0.188 e. The Labute approximate surface area is 161 Å². The van der Waals surface area contributed by atoms with E-state index in [9.17, 15) is 0 Å². The number of morpholine rings is 1. The van der Waals surface area contributed by atoms with Gasteiger partial charge in [-0.1, -0.05) is 18.2 Å². The highest BCUT2D eigenvalue weighted by atomic mass is 16.5. The maximum atomic E-state index is 6.06. The Bertz CT molecular complexity index is 770. The third-order valence-electron chi connectivity index (χ3n) is 4.73. The molecule has 0 amide bonds. The van der Waals surface area contributed by atoms with Crippen LogP contribution in [0, 0.1) is 0 Å². The van der Waals surface area contributed by atoms with Gasteiger partial charge in [0.25, 0.3) is 0 Å². The highest BCUT2D eigenvalue weighted by molar-refractivity contribution is 5.84. The van der Waals surface area contributed by atoms with Crippen molar-refractivity contribution in [1.82, 2.24) is 15.2 Å². The molecule has 146 valence electrons. The van der Waals surface area contributed by atoms with Crippen LogP contribution in [0.5, 0.6) is 0 Å². The molecule has 3 N–H and O–H groups in total. The first-order valence-electron chi connectivity index (χ1n) is 9.53. The Kier molecular flexibility index (Phi) is 6.84. The standard InChI is InChI=1S/C20H30N6O/c1-25(2)19-14-16(17-6-3-4-7-18(17)24-19)15-23-20(21)22-8-5-9-26-10-12-27-13-11-26/h3-4,6-7,14H,5,8-13,15H2,1-2H3,(H3,21,22,23). The van der Waals surface area contributed by atoms with Gasteiger partial charge in [0.15, 0.2) is 5.96 Å². The summed E-state index contributed by atoms with van der Waals surface area (Å²) in [6.45, 7) is 6.14. The van der Waals surface area contributed by atoms with E-state index < -0.39 is 0 Å². The molecule has 0 atom stereocenters. The van der Waals surface area contributed by atoms with Gasteiger partial charge in [0.1, 0.15) is 5.82 Å². The van der Waals surface area contributed by atoms with Crippen LogP contribution >= 0.6 is 0 Å². The lowest BCUT2D eigenvalue weighted by atomic mass is 10.1. The van der Waals surface area contributed by atoms with Gasteiger partial charge in [0, 0.05) is 39.1 Å². The molecule has 1 fully saturated rings. The monoisotopic (exact) mass is 370 g/mol. The van der Waals surface area contributed by atoms with E-state index in [4.69, 9.17) is 10.5 Å². The molecule has 27 heavy (non-hydrogen) atoms. The highest BCUT2D eigenvalue weighted by Gasteiger charge is 2.09. The zero-order valence-corrected chi connectivity index (χ0v) is 16.3. The second-order valence-electron chi connectivity index (χ2n) is 6.99. The number of fused-ring (bicyclic) bond motifs is 1. The number of anilines is 1. The number of nitrogens with two attached hydrogens (primary N) is 1. The van der Waals surface area contributed by atoms with Crippen molar-refractivity contribution in [1.29, 1.82) is 0 Å². The Balaban J connectivity index is 1.56. The van der Waals surface area contributed by atoms with Crippen LogP contribution in [0.1, 0.15) is 12.0 Å². The van der Waals surface area contributed by atoms with Crippen molar-refractivity contribution < 1.29 is 4.74 Å². The summed E-state index contributed by atoms with van der Waals surface area (Å²) in [6.07, 6.45) is 1.04. The van der Waals surface area contributed by atoms with Crippen LogP contribution in [0.15, 0.2) is 35.3 Å². The van der Waals surface area contributed by atoms with E-state index in [1.165, 1.54) is 0 Å². The van der Waals surface area contributed by atoms with Crippen LogP contribution in [0.3, 0.4) is 0 Å². The van der Waals surface area contributed by atoms with Gasteiger partial charge in [-0.2, -0.15) is 0 Å². The minimum Gasteiger partial charge on any atom is -0.379 e. The summed E-state index contributed by atoms with van der Waals surface area (Å²) in [5.41, 5.74) is 8.17. The van der Waals surface area contributed by atoms with E-state index in [0.29, 0.717) is 12.5 Å². The van der Waals surface area contributed by atoms with Crippen molar-refractivity contribution >= 4 is 22.7 Å². The average Bonchev–Trinajstić information content (AvgIpc) is 2.70. The molecule has 1 aliphatic rings. The summed E-state index contributed by atoms with van der Waals surface area (Å²) >= 11 is 0. The van der Waals surface area contributed by atoms with Crippen LogP contribution in [0.2, 0.25) is 0 Å². The van der Waals surface area contributed by atoms with Crippen molar-refractivity contribution in [3.8, 4) is 0 Å². The minimum absolute atomic E-state index is 0.490. The average molecular weight is 371 g/mol. The van der Waals surface area contributed by atoms with E-state index in [-0.39, 0.29) is 0 Å². The number of hydrogen-bond donors (Lipinski definition) is 2. The summed E-state index contributed by atoms with van der Waals surface area (Å²) in [6, 6.07) is 10.2. The normalized spacial score (nSPS) is 15.9. The number of benzene rings is 1. The van der Waals surface area contributed by atoms with Crippen LogP contribution in [0.4, 0.5) is 5.82 Å². The van der Waals surface area contributed by atoms with E-state index in [1.807, 2.05) is 37.2 Å². The van der Waals surface area contributed by atoms with Gasteiger partial charge in [-0.3, -0.25) is 4.90 Å². The molecule has 0 aliphatic carbocycles. The van der Waals surface area contributed by atoms with E-state index in [2.05, 4.69) is 32.3 Å². The van der Waals surface area contributed by atoms with Crippen molar-refractivity contribution in [3.63, 3.8) is 0 Å². The predicted molar refractivity (Wildman–Crippen MR) is 111 cm³/mol. The number of aromatic nitrogens is 1. The molecule has 7 nitrogen and oxygen atoms in total. The molecule has 0 saturated carbocycles. The third-order valence-corrected chi connectivity index (χ3v) is 4.73. The molecular weight excluding hydrogens is 340 g/mol. The van der Waals surface area contributed by atoms with Gasteiger partial charge in [0.05, 0.1) is 25.3 Å². The molecule has 0 radical (unpaired) electrons. The molecule has 0 spiro atoms. The predicted octanol–water partition coefficient (Wildman–Crippen LogP) is 1.43. The lowest BCUT2D eigenvalue weighted by molar-refractivity contribution is 0.0376. The molecule has 2 aromatic rings. The zero-order chi connectivity index (χ0) is 19.1. The Morgan fingerprint density at radius 2 is 2.07 bits per heavy atom. The van der Waals surface area contributed by atoms with E-state index in [1.54, 1.807) is 0 Å². The number of aliphatic imine (C=N–C) groups is 1. The third kappa shape index (κ3) is 5.55. The molecule has 1 saturated heterocycles. The van der Waals surface area contributed by atoms with Crippen LogP contribution < -0.4 is 16.0 Å². The first kappa shape index (κ1) is 19.4. The molecule has 1 aliphatic heterocycles. The van der Waals surface area contributed by atoms with Crippen LogP contribution in [0.25, 0.3) is 10.9 Å². The highest BCUT2D eigenvalue weighted by Crippen LogP contribution is 2.22. The second-order valence-corrected chi connectivity index (χ2v) is 6.99. The molecule has 0 bridgehead atoms.